The average Bonchev–Trinajstić information content (AvgIpc) is 2.15. The standard InChI is InChI=1S/C6H12N2O4S3/c7-2(4(9)10)1-14-15-6(13)3(8)5(11)12/h2-3,6,13H,1,7-8H2,(H,9,10)(H,11,12)/t2-,3+,6?/m0/s1. The van der Waals surface area contributed by atoms with Gasteiger partial charge in [0.15, 0.2) is 0 Å². The van der Waals surface area contributed by atoms with Crippen LogP contribution in [0, 0.1) is 0 Å². The molecule has 0 saturated carbocycles. The van der Waals surface area contributed by atoms with Gasteiger partial charge in [-0.3, -0.25) is 9.59 Å². The van der Waals surface area contributed by atoms with Crippen LogP contribution in [0.15, 0.2) is 0 Å². The van der Waals surface area contributed by atoms with E-state index in [0.29, 0.717) is 0 Å². The van der Waals surface area contributed by atoms with E-state index in [4.69, 9.17) is 21.7 Å². The molecule has 0 heterocycles. The highest BCUT2D eigenvalue weighted by molar-refractivity contribution is 8.78. The van der Waals surface area contributed by atoms with Crippen molar-refractivity contribution < 1.29 is 19.8 Å². The molecule has 0 aliphatic carbocycles. The number of rotatable bonds is 7. The summed E-state index contributed by atoms with van der Waals surface area (Å²) in [6, 6.07) is -2.06. The summed E-state index contributed by atoms with van der Waals surface area (Å²) in [4.78, 5) is 20.8. The molecule has 0 radical (unpaired) electrons. The van der Waals surface area contributed by atoms with Crippen LogP contribution in [0.4, 0.5) is 0 Å². The normalized spacial score (nSPS) is 16.7. The van der Waals surface area contributed by atoms with Crippen LogP contribution < -0.4 is 11.5 Å². The molecule has 0 spiro atoms. The molecule has 3 atom stereocenters. The summed E-state index contributed by atoms with van der Waals surface area (Å²) in [5.74, 6) is -2.07. The molecular weight excluding hydrogens is 260 g/mol. The SMILES string of the molecule is N[C@H](C(=O)O)C(S)SSC[C@H](N)C(=O)O. The fourth-order valence-electron chi connectivity index (χ4n) is 0.435. The van der Waals surface area contributed by atoms with E-state index in [1.54, 1.807) is 0 Å². The molecule has 0 aromatic carbocycles. The van der Waals surface area contributed by atoms with E-state index in [1.807, 2.05) is 0 Å². The summed E-state index contributed by atoms with van der Waals surface area (Å²) in [5, 5.41) is 17.0. The second-order valence-electron chi connectivity index (χ2n) is 2.58. The lowest BCUT2D eigenvalue weighted by molar-refractivity contribution is -0.139. The van der Waals surface area contributed by atoms with Crippen molar-refractivity contribution in [1.82, 2.24) is 0 Å². The maximum absolute atomic E-state index is 10.4. The van der Waals surface area contributed by atoms with Crippen molar-refractivity contribution in [2.75, 3.05) is 5.75 Å². The van der Waals surface area contributed by atoms with Crippen LogP contribution >= 0.6 is 34.2 Å². The first kappa shape index (κ1) is 14.9. The number of nitrogens with two attached hydrogens (primary N) is 2. The third-order valence-electron chi connectivity index (χ3n) is 1.32. The van der Waals surface area contributed by atoms with Gasteiger partial charge in [0, 0.05) is 5.75 Å². The summed E-state index contributed by atoms with van der Waals surface area (Å²) < 4.78 is -0.603. The van der Waals surface area contributed by atoms with Gasteiger partial charge in [0.2, 0.25) is 0 Å². The van der Waals surface area contributed by atoms with E-state index in [1.165, 1.54) is 0 Å². The van der Waals surface area contributed by atoms with Gasteiger partial charge >= 0.3 is 11.9 Å². The minimum Gasteiger partial charge on any atom is -0.480 e. The van der Waals surface area contributed by atoms with Gasteiger partial charge in [-0.1, -0.05) is 21.6 Å². The molecule has 6 N–H and O–H groups in total. The van der Waals surface area contributed by atoms with Crippen molar-refractivity contribution in [3.8, 4) is 0 Å². The highest BCUT2D eigenvalue weighted by Gasteiger charge is 2.22. The summed E-state index contributed by atoms with van der Waals surface area (Å²) >= 11 is 3.97. The predicted molar refractivity (Wildman–Crippen MR) is 64.0 cm³/mol. The topological polar surface area (TPSA) is 127 Å². The number of aliphatic carboxylic acids is 2. The lowest BCUT2D eigenvalue weighted by Gasteiger charge is -2.14. The maximum Gasteiger partial charge on any atom is 0.322 e. The van der Waals surface area contributed by atoms with Gasteiger partial charge in [0.25, 0.3) is 0 Å². The Morgan fingerprint density at radius 1 is 1.27 bits per heavy atom. The highest BCUT2D eigenvalue weighted by atomic mass is 33.1. The van der Waals surface area contributed by atoms with Gasteiger partial charge in [-0.2, -0.15) is 12.6 Å². The number of hydrogen-bond donors (Lipinski definition) is 5. The maximum atomic E-state index is 10.4. The highest BCUT2D eigenvalue weighted by Crippen LogP contribution is 2.30. The summed E-state index contributed by atoms with van der Waals surface area (Å²) in [6.45, 7) is 0. The minimum atomic E-state index is -1.15. The zero-order chi connectivity index (χ0) is 12.0. The molecule has 0 fully saturated rings. The van der Waals surface area contributed by atoms with E-state index in [2.05, 4.69) is 12.6 Å². The Hall–Kier alpha value is -0.0900. The molecule has 0 bridgehead atoms. The van der Waals surface area contributed by atoms with E-state index >= 15 is 0 Å². The molecule has 0 amide bonds. The molecule has 0 aliphatic heterocycles. The Kier molecular flexibility index (Phi) is 7.18. The molecular formula is C6H12N2O4S3. The molecule has 1 unspecified atom stereocenters. The fraction of sp³-hybridized carbons (Fsp3) is 0.667. The van der Waals surface area contributed by atoms with Gasteiger partial charge in [-0.05, 0) is 0 Å². The zero-order valence-corrected chi connectivity index (χ0v) is 10.1. The summed E-state index contributed by atoms with van der Waals surface area (Å²) in [7, 11) is 2.22. The van der Waals surface area contributed by atoms with Gasteiger partial charge < -0.3 is 21.7 Å². The third-order valence-corrected chi connectivity index (χ3v) is 4.95. The van der Waals surface area contributed by atoms with Crippen molar-refractivity contribution in [1.29, 1.82) is 0 Å². The minimum absolute atomic E-state index is 0.170. The Labute approximate surface area is 100.0 Å². The smallest absolute Gasteiger partial charge is 0.322 e. The zero-order valence-electron chi connectivity index (χ0n) is 7.57. The number of hydrogen-bond acceptors (Lipinski definition) is 7. The van der Waals surface area contributed by atoms with Gasteiger partial charge in [0.05, 0.1) is 4.58 Å². The lowest BCUT2D eigenvalue weighted by Crippen LogP contribution is -2.37. The van der Waals surface area contributed by atoms with E-state index in [9.17, 15) is 9.59 Å². The fourth-order valence-corrected chi connectivity index (χ4v) is 3.31. The largest absolute Gasteiger partial charge is 0.480 e. The number of carboxylic acid groups (broad SMARTS) is 2. The molecule has 9 heteroatoms. The number of carboxylic acids is 2. The van der Waals surface area contributed by atoms with Gasteiger partial charge in [-0.25, -0.2) is 0 Å². The molecule has 0 aromatic rings. The number of carbonyl (C=O) groups is 2. The van der Waals surface area contributed by atoms with Crippen LogP contribution in [0.1, 0.15) is 0 Å². The molecule has 88 valence electrons. The van der Waals surface area contributed by atoms with Crippen LogP contribution in [0.3, 0.4) is 0 Å². The molecule has 15 heavy (non-hydrogen) atoms. The second-order valence-corrected chi connectivity index (χ2v) is 6.04. The van der Waals surface area contributed by atoms with Crippen molar-refractivity contribution in [3.05, 3.63) is 0 Å². The second kappa shape index (κ2) is 7.23. The van der Waals surface area contributed by atoms with Crippen molar-refractivity contribution >= 4 is 46.2 Å². The van der Waals surface area contributed by atoms with Crippen molar-refractivity contribution in [2.24, 2.45) is 11.5 Å². The molecule has 0 aliphatic rings. The van der Waals surface area contributed by atoms with Crippen molar-refractivity contribution in [3.63, 3.8) is 0 Å². The Morgan fingerprint density at radius 2 is 1.80 bits per heavy atom. The van der Waals surface area contributed by atoms with Crippen molar-refractivity contribution in [2.45, 2.75) is 16.7 Å². The Balaban J connectivity index is 3.77. The number of thiol groups is 1. The van der Waals surface area contributed by atoms with Crippen LogP contribution in [0.5, 0.6) is 0 Å². The van der Waals surface area contributed by atoms with E-state index in [0.717, 1.165) is 21.6 Å². The Bertz CT molecular complexity index is 240. The first-order chi connectivity index (χ1) is 6.86. The van der Waals surface area contributed by atoms with Gasteiger partial charge in [-0.15, -0.1) is 0 Å². The van der Waals surface area contributed by atoms with Crippen LogP contribution in [-0.4, -0.2) is 44.6 Å². The first-order valence-corrected chi connectivity index (χ1v) is 6.69. The predicted octanol–water partition coefficient (Wildman–Crippen LogP) is -0.552. The van der Waals surface area contributed by atoms with Gasteiger partial charge in [0.1, 0.15) is 12.1 Å². The Morgan fingerprint density at radius 3 is 2.20 bits per heavy atom. The first-order valence-electron chi connectivity index (χ1n) is 3.79. The molecule has 6 nitrogen and oxygen atoms in total. The molecule has 0 saturated heterocycles. The van der Waals surface area contributed by atoms with Crippen LogP contribution in [0.25, 0.3) is 0 Å². The molecule has 0 aromatic heterocycles. The van der Waals surface area contributed by atoms with Crippen LogP contribution in [0.2, 0.25) is 0 Å². The average molecular weight is 272 g/mol. The summed E-state index contributed by atoms with van der Waals surface area (Å²) in [5.41, 5.74) is 10.5. The van der Waals surface area contributed by atoms with Crippen LogP contribution in [-0.2, 0) is 9.59 Å². The van der Waals surface area contributed by atoms with E-state index < -0.39 is 28.6 Å². The van der Waals surface area contributed by atoms with E-state index in [-0.39, 0.29) is 5.75 Å². The summed E-state index contributed by atoms with van der Waals surface area (Å²) in [6.07, 6.45) is 0. The molecule has 0 rings (SSSR count). The quantitative estimate of drug-likeness (QED) is 0.237. The lowest BCUT2D eigenvalue weighted by atomic mass is 10.4. The monoisotopic (exact) mass is 272 g/mol. The third kappa shape index (κ3) is 6.15.